The lowest BCUT2D eigenvalue weighted by Crippen LogP contribution is -2.42. The predicted octanol–water partition coefficient (Wildman–Crippen LogP) is 0.783. The lowest BCUT2D eigenvalue weighted by atomic mass is 10.1. The SMILES string of the molecule is CCC1CN(C)CCCN1C[C@@H](C)O. The third-order valence-corrected chi connectivity index (χ3v) is 2.99. The van der Waals surface area contributed by atoms with Gasteiger partial charge < -0.3 is 10.0 Å². The molecule has 0 saturated carbocycles. The number of aliphatic hydroxyl groups excluding tert-OH is 1. The summed E-state index contributed by atoms with van der Waals surface area (Å²) in [5.41, 5.74) is 0. The molecule has 1 saturated heterocycles. The van der Waals surface area contributed by atoms with Crippen molar-refractivity contribution >= 4 is 0 Å². The third-order valence-electron chi connectivity index (χ3n) is 2.99. The summed E-state index contributed by atoms with van der Waals surface area (Å²) >= 11 is 0. The molecule has 1 fully saturated rings. The molecule has 0 aliphatic carbocycles. The molecule has 1 aliphatic rings. The second-order valence-corrected chi connectivity index (χ2v) is 4.52. The smallest absolute Gasteiger partial charge is 0.0639 e. The van der Waals surface area contributed by atoms with Gasteiger partial charge >= 0.3 is 0 Å². The third kappa shape index (κ3) is 3.56. The maximum absolute atomic E-state index is 9.42. The van der Waals surface area contributed by atoms with Gasteiger partial charge in [0.2, 0.25) is 0 Å². The highest BCUT2D eigenvalue weighted by Crippen LogP contribution is 2.12. The summed E-state index contributed by atoms with van der Waals surface area (Å²) in [5, 5.41) is 9.42. The van der Waals surface area contributed by atoms with E-state index in [1.54, 1.807) is 0 Å². The van der Waals surface area contributed by atoms with Gasteiger partial charge in [-0.3, -0.25) is 4.90 Å². The van der Waals surface area contributed by atoms with Crippen LogP contribution < -0.4 is 0 Å². The van der Waals surface area contributed by atoms with Gasteiger partial charge in [-0.2, -0.15) is 0 Å². The second kappa shape index (κ2) is 5.69. The maximum atomic E-state index is 9.42. The maximum Gasteiger partial charge on any atom is 0.0639 e. The minimum atomic E-state index is -0.201. The molecule has 1 heterocycles. The standard InChI is InChI=1S/C11H24N2O/c1-4-11-9-12(3)6-5-7-13(11)8-10(2)14/h10-11,14H,4-9H2,1-3H3/t10-,11?/m1/s1. The number of β-amino-alcohol motifs (C(OH)–C–C–N with tert-alkyl or cyclic N) is 1. The average Bonchev–Trinajstić information content (AvgIpc) is 2.27. The van der Waals surface area contributed by atoms with Gasteiger partial charge in [0, 0.05) is 19.1 Å². The van der Waals surface area contributed by atoms with Crippen molar-refractivity contribution in [3.8, 4) is 0 Å². The molecule has 0 radical (unpaired) electrons. The molecule has 1 rings (SSSR count). The van der Waals surface area contributed by atoms with E-state index in [2.05, 4.69) is 23.8 Å². The van der Waals surface area contributed by atoms with Gasteiger partial charge in [0.1, 0.15) is 0 Å². The van der Waals surface area contributed by atoms with E-state index < -0.39 is 0 Å². The normalized spacial score (nSPS) is 28.7. The van der Waals surface area contributed by atoms with E-state index in [-0.39, 0.29) is 6.10 Å². The Morgan fingerprint density at radius 2 is 2.14 bits per heavy atom. The van der Waals surface area contributed by atoms with Crippen LogP contribution in [0.15, 0.2) is 0 Å². The summed E-state index contributed by atoms with van der Waals surface area (Å²) in [7, 11) is 2.19. The molecule has 0 aromatic heterocycles. The van der Waals surface area contributed by atoms with Crippen LogP contribution in [0.4, 0.5) is 0 Å². The molecule has 0 amide bonds. The van der Waals surface area contributed by atoms with Crippen molar-refractivity contribution < 1.29 is 5.11 Å². The lowest BCUT2D eigenvalue weighted by molar-refractivity contribution is 0.0962. The van der Waals surface area contributed by atoms with Crippen molar-refractivity contribution in [3.05, 3.63) is 0 Å². The molecule has 3 nitrogen and oxygen atoms in total. The Hall–Kier alpha value is -0.120. The average molecular weight is 200 g/mol. The Morgan fingerprint density at radius 3 is 2.71 bits per heavy atom. The van der Waals surface area contributed by atoms with Gasteiger partial charge in [0.05, 0.1) is 6.10 Å². The molecule has 14 heavy (non-hydrogen) atoms. The highest BCUT2D eigenvalue weighted by atomic mass is 16.3. The van der Waals surface area contributed by atoms with E-state index in [0.717, 1.165) is 19.6 Å². The molecule has 84 valence electrons. The molecule has 1 N–H and O–H groups in total. The molecule has 1 unspecified atom stereocenters. The monoisotopic (exact) mass is 200 g/mol. The highest BCUT2D eigenvalue weighted by Gasteiger charge is 2.22. The summed E-state index contributed by atoms with van der Waals surface area (Å²) in [4.78, 5) is 4.84. The van der Waals surface area contributed by atoms with E-state index in [4.69, 9.17) is 0 Å². The molecule has 3 heteroatoms. The Balaban J connectivity index is 2.51. The van der Waals surface area contributed by atoms with Gasteiger partial charge in [-0.1, -0.05) is 6.92 Å². The van der Waals surface area contributed by atoms with Gasteiger partial charge in [-0.25, -0.2) is 0 Å². The Morgan fingerprint density at radius 1 is 1.43 bits per heavy atom. The van der Waals surface area contributed by atoms with E-state index in [0.29, 0.717) is 6.04 Å². The lowest BCUT2D eigenvalue weighted by Gasteiger charge is -2.30. The van der Waals surface area contributed by atoms with Crippen molar-refractivity contribution in [1.29, 1.82) is 0 Å². The van der Waals surface area contributed by atoms with E-state index in [9.17, 15) is 5.11 Å². The minimum absolute atomic E-state index is 0.201. The number of nitrogens with zero attached hydrogens (tertiary/aromatic N) is 2. The number of hydrogen-bond donors (Lipinski definition) is 1. The van der Waals surface area contributed by atoms with Crippen LogP contribution in [0.1, 0.15) is 26.7 Å². The first kappa shape index (κ1) is 12.0. The topological polar surface area (TPSA) is 26.7 Å². The zero-order valence-corrected chi connectivity index (χ0v) is 9.74. The Bertz CT molecular complexity index is 161. The number of likely N-dealkylation sites (N-methyl/N-ethyl adjacent to an activating group) is 1. The van der Waals surface area contributed by atoms with Crippen molar-refractivity contribution in [1.82, 2.24) is 9.80 Å². The van der Waals surface area contributed by atoms with Gasteiger partial charge in [-0.15, -0.1) is 0 Å². The first-order valence-corrected chi connectivity index (χ1v) is 5.74. The van der Waals surface area contributed by atoms with Gasteiger partial charge in [0.25, 0.3) is 0 Å². The summed E-state index contributed by atoms with van der Waals surface area (Å²) in [6, 6.07) is 0.622. The molecule has 2 atom stereocenters. The molecule has 0 aromatic rings. The molecular formula is C11H24N2O. The van der Waals surface area contributed by atoms with Crippen LogP contribution in [0.5, 0.6) is 0 Å². The zero-order chi connectivity index (χ0) is 10.6. The number of aliphatic hydroxyl groups is 1. The second-order valence-electron chi connectivity index (χ2n) is 4.52. The van der Waals surface area contributed by atoms with Crippen LogP contribution in [0.2, 0.25) is 0 Å². The summed E-state index contributed by atoms with van der Waals surface area (Å²) in [5.74, 6) is 0. The predicted molar refractivity (Wildman–Crippen MR) is 59.4 cm³/mol. The molecular weight excluding hydrogens is 176 g/mol. The van der Waals surface area contributed by atoms with E-state index >= 15 is 0 Å². The molecule has 1 aliphatic heterocycles. The van der Waals surface area contributed by atoms with Gasteiger partial charge in [-0.05, 0) is 39.9 Å². The fourth-order valence-corrected chi connectivity index (χ4v) is 2.26. The van der Waals surface area contributed by atoms with Crippen LogP contribution in [0, 0.1) is 0 Å². The van der Waals surface area contributed by atoms with Crippen LogP contribution in [-0.4, -0.2) is 60.3 Å². The largest absolute Gasteiger partial charge is 0.392 e. The van der Waals surface area contributed by atoms with Crippen molar-refractivity contribution in [2.24, 2.45) is 0 Å². The summed E-state index contributed by atoms with van der Waals surface area (Å²) < 4.78 is 0. The van der Waals surface area contributed by atoms with Crippen LogP contribution >= 0.6 is 0 Å². The fourth-order valence-electron chi connectivity index (χ4n) is 2.26. The van der Waals surface area contributed by atoms with Crippen molar-refractivity contribution in [3.63, 3.8) is 0 Å². The zero-order valence-electron chi connectivity index (χ0n) is 9.74. The van der Waals surface area contributed by atoms with Gasteiger partial charge in [0.15, 0.2) is 0 Å². The quantitative estimate of drug-likeness (QED) is 0.729. The minimum Gasteiger partial charge on any atom is -0.392 e. The highest BCUT2D eigenvalue weighted by molar-refractivity contribution is 4.78. The van der Waals surface area contributed by atoms with E-state index in [1.807, 2.05) is 6.92 Å². The van der Waals surface area contributed by atoms with E-state index in [1.165, 1.54) is 19.4 Å². The molecule has 0 aromatic carbocycles. The Kier molecular flexibility index (Phi) is 4.85. The first-order chi connectivity index (χ1) is 6.63. The van der Waals surface area contributed by atoms with Crippen molar-refractivity contribution in [2.45, 2.75) is 38.8 Å². The summed E-state index contributed by atoms with van der Waals surface area (Å²) in [6.07, 6.45) is 2.20. The fraction of sp³-hybridized carbons (Fsp3) is 1.00. The van der Waals surface area contributed by atoms with Crippen LogP contribution in [0.25, 0.3) is 0 Å². The van der Waals surface area contributed by atoms with Crippen molar-refractivity contribution in [2.75, 3.05) is 33.2 Å². The Labute approximate surface area is 87.7 Å². The number of hydrogen-bond acceptors (Lipinski definition) is 3. The number of rotatable bonds is 3. The molecule has 0 spiro atoms. The summed E-state index contributed by atoms with van der Waals surface area (Å²) in [6.45, 7) is 8.40. The first-order valence-electron chi connectivity index (χ1n) is 5.74. The van der Waals surface area contributed by atoms with Crippen LogP contribution in [-0.2, 0) is 0 Å². The molecule has 0 bridgehead atoms. The van der Waals surface area contributed by atoms with Crippen LogP contribution in [0.3, 0.4) is 0 Å².